The lowest BCUT2D eigenvalue weighted by atomic mass is 10.2. The number of carboxylic acids is 1. The van der Waals surface area contributed by atoms with Gasteiger partial charge in [-0.2, -0.15) is 8.42 Å². The molecule has 0 aliphatic carbocycles. The summed E-state index contributed by atoms with van der Waals surface area (Å²) in [6, 6.07) is 0. The summed E-state index contributed by atoms with van der Waals surface area (Å²) in [4.78, 5) is 24.6. The molecular weight excluding hydrogens is 388 g/mol. The maximum absolute atomic E-state index is 10.7. The second kappa shape index (κ2) is 16.2. The first kappa shape index (κ1) is 28.5. The molecule has 1 rings (SSSR count). The minimum absolute atomic E-state index is 0.113. The number of amides is 1. The Labute approximate surface area is 168 Å². The Balaban J connectivity index is 0. The lowest BCUT2D eigenvalue weighted by Gasteiger charge is -2.05. The molecule has 0 aromatic heterocycles. The Morgan fingerprint density at radius 1 is 1.29 bits per heavy atom. The second-order valence-electron chi connectivity index (χ2n) is 5.88. The van der Waals surface area contributed by atoms with E-state index in [0.29, 0.717) is 12.0 Å². The highest BCUT2D eigenvalue weighted by Crippen LogP contribution is 2.08. The van der Waals surface area contributed by atoms with Crippen LogP contribution in [0.2, 0.25) is 0 Å². The van der Waals surface area contributed by atoms with Crippen LogP contribution >= 0.6 is 0 Å². The number of carbonyl (C=O) groups is 2. The van der Waals surface area contributed by atoms with Crippen molar-refractivity contribution in [2.45, 2.75) is 40.0 Å². The molecule has 0 spiro atoms. The number of aliphatic carboxylic acids is 1. The third-order valence-electron chi connectivity index (χ3n) is 3.22. The molecule has 0 aromatic carbocycles. The topological polar surface area (TPSA) is 113 Å². The SMILES string of the molecule is C=CN1CCCC1=O.CC(=CCCN(C)C)C(=O)O.CCOS(=O)(=O)OCC. The molecule has 0 radical (unpaired) electrons. The van der Waals surface area contributed by atoms with Gasteiger partial charge in [-0.25, -0.2) is 13.2 Å². The van der Waals surface area contributed by atoms with E-state index in [9.17, 15) is 18.0 Å². The summed E-state index contributed by atoms with van der Waals surface area (Å²) in [5.74, 6) is -0.622. The zero-order valence-corrected chi connectivity index (χ0v) is 18.3. The van der Waals surface area contributed by atoms with Crippen molar-refractivity contribution in [3.63, 3.8) is 0 Å². The van der Waals surface area contributed by atoms with Gasteiger partial charge in [0.15, 0.2) is 0 Å². The number of hydrogen-bond acceptors (Lipinski definition) is 7. The molecule has 1 saturated heterocycles. The molecule has 1 aliphatic heterocycles. The van der Waals surface area contributed by atoms with E-state index in [1.54, 1.807) is 37.9 Å². The van der Waals surface area contributed by atoms with Crippen LogP contribution in [-0.4, -0.2) is 75.6 Å². The summed E-state index contributed by atoms with van der Waals surface area (Å²) in [6.07, 6.45) is 5.82. The predicted molar refractivity (Wildman–Crippen MR) is 108 cm³/mol. The van der Waals surface area contributed by atoms with Gasteiger partial charge in [0.25, 0.3) is 0 Å². The highest BCUT2D eigenvalue weighted by Gasteiger charge is 2.16. The van der Waals surface area contributed by atoms with Crippen LogP contribution in [0.25, 0.3) is 0 Å². The van der Waals surface area contributed by atoms with Crippen molar-refractivity contribution in [1.29, 1.82) is 0 Å². The molecule has 0 bridgehead atoms. The van der Waals surface area contributed by atoms with Gasteiger partial charge < -0.3 is 14.9 Å². The Bertz CT molecular complexity index is 589. The van der Waals surface area contributed by atoms with Crippen LogP contribution in [0, 0.1) is 0 Å². The number of carbonyl (C=O) groups excluding carboxylic acids is 1. The number of hydrogen-bond donors (Lipinski definition) is 1. The van der Waals surface area contributed by atoms with Crippen LogP contribution in [-0.2, 0) is 28.4 Å². The Morgan fingerprint density at radius 3 is 2.11 bits per heavy atom. The van der Waals surface area contributed by atoms with Crippen molar-refractivity contribution in [2.24, 2.45) is 0 Å². The van der Waals surface area contributed by atoms with Gasteiger partial charge in [0, 0.05) is 25.1 Å². The van der Waals surface area contributed by atoms with Crippen LogP contribution in [0.3, 0.4) is 0 Å². The maximum atomic E-state index is 10.7. The lowest BCUT2D eigenvalue weighted by Crippen LogP contribution is -2.16. The molecule has 9 nitrogen and oxygen atoms in total. The molecule has 1 fully saturated rings. The zero-order valence-electron chi connectivity index (χ0n) is 17.5. The van der Waals surface area contributed by atoms with Crippen molar-refractivity contribution < 1.29 is 31.5 Å². The Kier molecular flexibility index (Phi) is 16.5. The van der Waals surface area contributed by atoms with Crippen molar-refractivity contribution in [3.8, 4) is 0 Å². The zero-order chi connectivity index (χ0) is 22.2. The lowest BCUT2D eigenvalue weighted by molar-refractivity contribution is -0.132. The number of carboxylic acid groups (broad SMARTS) is 1. The molecule has 10 heteroatoms. The van der Waals surface area contributed by atoms with Gasteiger partial charge in [0.05, 0.1) is 13.2 Å². The smallest absolute Gasteiger partial charge is 0.399 e. The molecule has 28 heavy (non-hydrogen) atoms. The average Bonchev–Trinajstić information content (AvgIpc) is 3.00. The van der Waals surface area contributed by atoms with Crippen molar-refractivity contribution in [2.75, 3.05) is 40.4 Å². The van der Waals surface area contributed by atoms with E-state index in [-0.39, 0.29) is 19.1 Å². The van der Waals surface area contributed by atoms with Gasteiger partial charge in [0.2, 0.25) is 5.91 Å². The van der Waals surface area contributed by atoms with Crippen LogP contribution in [0.4, 0.5) is 0 Å². The highest BCUT2D eigenvalue weighted by molar-refractivity contribution is 7.81. The predicted octanol–water partition coefficient (Wildman–Crippen LogP) is 2.03. The van der Waals surface area contributed by atoms with E-state index in [1.165, 1.54) is 0 Å². The monoisotopic (exact) mass is 422 g/mol. The molecule has 1 amide bonds. The maximum Gasteiger partial charge on any atom is 0.399 e. The molecule has 1 N–H and O–H groups in total. The number of likely N-dealkylation sites (tertiary alicyclic amines) is 1. The molecule has 1 heterocycles. The first-order chi connectivity index (χ1) is 13.0. The quantitative estimate of drug-likeness (QED) is 0.562. The fourth-order valence-corrected chi connectivity index (χ4v) is 2.46. The summed E-state index contributed by atoms with van der Waals surface area (Å²) >= 11 is 0. The van der Waals surface area contributed by atoms with Gasteiger partial charge >= 0.3 is 16.4 Å². The largest absolute Gasteiger partial charge is 0.478 e. The minimum atomic E-state index is -3.68. The molecule has 0 atom stereocenters. The molecular formula is C18H34N2O7S. The van der Waals surface area contributed by atoms with E-state index in [2.05, 4.69) is 14.9 Å². The summed E-state index contributed by atoms with van der Waals surface area (Å²) in [5.41, 5.74) is 0.423. The fourth-order valence-electron chi connectivity index (χ4n) is 1.81. The third kappa shape index (κ3) is 16.4. The number of rotatable bonds is 9. The van der Waals surface area contributed by atoms with E-state index < -0.39 is 16.4 Å². The molecule has 0 saturated carbocycles. The van der Waals surface area contributed by atoms with Crippen molar-refractivity contribution in [1.82, 2.24) is 9.80 Å². The van der Waals surface area contributed by atoms with Crippen molar-refractivity contribution >= 4 is 22.3 Å². The van der Waals surface area contributed by atoms with E-state index in [4.69, 9.17) is 5.11 Å². The molecule has 1 aliphatic rings. The minimum Gasteiger partial charge on any atom is -0.478 e. The highest BCUT2D eigenvalue weighted by atomic mass is 32.3. The Morgan fingerprint density at radius 2 is 1.82 bits per heavy atom. The normalized spacial score (nSPS) is 14.1. The third-order valence-corrected chi connectivity index (χ3v) is 4.27. The Hall–Kier alpha value is -1.75. The van der Waals surface area contributed by atoms with Gasteiger partial charge in [-0.05, 0) is 53.9 Å². The van der Waals surface area contributed by atoms with Crippen LogP contribution in [0.15, 0.2) is 24.4 Å². The molecule has 0 aromatic rings. The summed E-state index contributed by atoms with van der Waals surface area (Å²) in [5, 5.41) is 8.47. The molecule has 164 valence electrons. The van der Waals surface area contributed by atoms with Crippen molar-refractivity contribution in [3.05, 3.63) is 24.4 Å². The van der Waals surface area contributed by atoms with Gasteiger partial charge in [-0.1, -0.05) is 12.7 Å². The fraction of sp³-hybridized carbons (Fsp3) is 0.667. The standard InChI is InChI=1S/C8H15NO2.C6H9NO.C4H10O4S/c1-7(8(10)11)5-4-6-9(2)3;1-2-7-5-3-4-6(7)8;1-3-7-9(5,6)8-4-2/h5H,4,6H2,1-3H3,(H,10,11);2H,1,3-5H2;3-4H2,1-2H3. The number of nitrogens with zero attached hydrogens (tertiary/aromatic N) is 2. The van der Waals surface area contributed by atoms with E-state index in [0.717, 1.165) is 25.9 Å². The van der Waals surface area contributed by atoms with E-state index in [1.807, 2.05) is 19.0 Å². The van der Waals surface area contributed by atoms with Gasteiger partial charge in [0.1, 0.15) is 0 Å². The summed E-state index contributed by atoms with van der Waals surface area (Å²) in [6.45, 7) is 10.3. The van der Waals surface area contributed by atoms with Gasteiger partial charge in [-0.15, -0.1) is 0 Å². The first-order valence-electron chi connectivity index (χ1n) is 9.01. The molecule has 0 unspecified atom stereocenters. The summed E-state index contributed by atoms with van der Waals surface area (Å²) < 4.78 is 29.2. The van der Waals surface area contributed by atoms with Crippen LogP contribution in [0.5, 0.6) is 0 Å². The van der Waals surface area contributed by atoms with Gasteiger partial charge in [-0.3, -0.25) is 4.79 Å². The summed E-state index contributed by atoms with van der Waals surface area (Å²) in [7, 11) is 0.243. The van der Waals surface area contributed by atoms with Crippen LogP contribution < -0.4 is 0 Å². The van der Waals surface area contributed by atoms with Crippen LogP contribution in [0.1, 0.15) is 40.0 Å². The second-order valence-corrected chi connectivity index (χ2v) is 7.17. The average molecular weight is 423 g/mol. The first-order valence-corrected chi connectivity index (χ1v) is 10.3. The van der Waals surface area contributed by atoms with E-state index >= 15 is 0 Å².